The largest absolute Gasteiger partial charge is 0.294 e. The van der Waals surface area contributed by atoms with Crippen molar-refractivity contribution in [2.24, 2.45) is 7.05 Å². The molecule has 3 rings (SSSR count). The maximum absolute atomic E-state index is 12.8. The molecule has 0 unspecified atom stereocenters. The van der Waals surface area contributed by atoms with Crippen LogP contribution < -0.4 is 4.31 Å². The van der Waals surface area contributed by atoms with E-state index < -0.39 is 10.0 Å². The monoisotopic (exact) mass is 370 g/mol. The van der Waals surface area contributed by atoms with Crippen LogP contribution in [0.15, 0.2) is 33.9 Å². The number of carbonyl (C=O) groups is 1. The predicted molar refractivity (Wildman–Crippen MR) is 78.6 cm³/mol. The Morgan fingerprint density at radius 1 is 1.29 bits per heavy atom. The number of halogens is 1. The van der Waals surface area contributed by atoms with E-state index in [-0.39, 0.29) is 28.4 Å². The molecule has 1 aromatic carbocycles. The van der Waals surface area contributed by atoms with Gasteiger partial charge in [0.25, 0.3) is 10.0 Å². The Morgan fingerprint density at radius 2 is 2.00 bits per heavy atom. The third-order valence-electron chi connectivity index (χ3n) is 3.29. The standard InChI is InChI=1S/C12H11BrN4O3S/c1-16-12(11(13)14-15-16)21(19,20)17-7-6-10(18)8-4-2-3-5-9(8)17/h2-5H,6-7H2,1H3. The molecule has 0 N–H and O–H groups in total. The summed E-state index contributed by atoms with van der Waals surface area (Å²) in [6.45, 7) is 0.107. The van der Waals surface area contributed by atoms with Crippen LogP contribution in [-0.2, 0) is 17.1 Å². The molecular weight excluding hydrogens is 360 g/mol. The maximum Gasteiger partial charge on any atom is 0.284 e. The van der Waals surface area contributed by atoms with Gasteiger partial charge in [0, 0.05) is 25.6 Å². The fourth-order valence-electron chi connectivity index (χ4n) is 2.34. The van der Waals surface area contributed by atoms with Gasteiger partial charge in [-0.05, 0) is 28.1 Å². The topological polar surface area (TPSA) is 85.2 Å². The van der Waals surface area contributed by atoms with Gasteiger partial charge in [0.2, 0.25) is 5.03 Å². The molecule has 0 saturated carbocycles. The van der Waals surface area contributed by atoms with Crippen LogP contribution in [-0.4, -0.2) is 35.7 Å². The van der Waals surface area contributed by atoms with Gasteiger partial charge in [-0.3, -0.25) is 9.10 Å². The summed E-state index contributed by atoms with van der Waals surface area (Å²) in [7, 11) is -2.34. The van der Waals surface area contributed by atoms with E-state index in [4.69, 9.17) is 0 Å². The van der Waals surface area contributed by atoms with Crippen LogP contribution in [0.1, 0.15) is 16.8 Å². The highest BCUT2D eigenvalue weighted by atomic mass is 79.9. The van der Waals surface area contributed by atoms with Crippen molar-refractivity contribution in [2.45, 2.75) is 11.4 Å². The molecule has 7 nitrogen and oxygen atoms in total. The van der Waals surface area contributed by atoms with E-state index >= 15 is 0 Å². The minimum absolute atomic E-state index is 0.0355. The van der Waals surface area contributed by atoms with Crippen molar-refractivity contribution in [1.82, 2.24) is 15.0 Å². The SMILES string of the molecule is Cn1nnc(Br)c1S(=O)(=O)N1CCC(=O)c2ccccc21. The van der Waals surface area contributed by atoms with Crippen molar-refractivity contribution in [3.63, 3.8) is 0 Å². The summed E-state index contributed by atoms with van der Waals surface area (Å²) in [5.74, 6) is -0.0563. The Balaban J connectivity index is 2.18. The number of benzene rings is 1. The summed E-state index contributed by atoms with van der Waals surface area (Å²) < 4.78 is 28.3. The average molecular weight is 371 g/mol. The van der Waals surface area contributed by atoms with Crippen molar-refractivity contribution in [3.05, 3.63) is 34.4 Å². The van der Waals surface area contributed by atoms with E-state index in [1.807, 2.05) is 0 Å². The van der Waals surface area contributed by atoms with Crippen molar-refractivity contribution in [2.75, 3.05) is 10.8 Å². The average Bonchev–Trinajstić information content (AvgIpc) is 2.79. The van der Waals surface area contributed by atoms with Gasteiger partial charge in [0.1, 0.15) is 0 Å². The summed E-state index contributed by atoms with van der Waals surface area (Å²) >= 11 is 3.10. The molecule has 0 amide bonds. The molecule has 0 bridgehead atoms. The Hall–Kier alpha value is -1.74. The first kappa shape index (κ1) is 14.2. The lowest BCUT2D eigenvalue weighted by atomic mass is 10.0. The second kappa shape index (κ2) is 4.92. The zero-order valence-corrected chi connectivity index (χ0v) is 13.4. The fraction of sp³-hybridized carbons (Fsp3) is 0.250. The minimum atomic E-state index is -3.84. The number of hydrogen-bond donors (Lipinski definition) is 0. The van der Waals surface area contributed by atoms with Gasteiger partial charge < -0.3 is 0 Å². The fourth-order valence-corrected chi connectivity index (χ4v) is 4.86. The van der Waals surface area contributed by atoms with Crippen LogP contribution in [0.3, 0.4) is 0 Å². The summed E-state index contributed by atoms with van der Waals surface area (Å²) in [5.41, 5.74) is 0.806. The first-order valence-corrected chi connectivity index (χ1v) is 8.36. The van der Waals surface area contributed by atoms with Gasteiger partial charge in [-0.15, -0.1) is 5.10 Å². The molecule has 21 heavy (non-hydrogen) atoms. The molecule has 2 aromatic rings. The molecule has 0 atom stereocenters. The molecule has 2 heterocycles. The van der Waals surface area contributed by atoms with Crippen LogP contribution in [0.5, 0.6) is 0 Å². The normalized spacial score (nSPS) is 15.1. The van der Waals surface area contributed by atoms with E-state index in [1.54, 1.807) is 24.3 Å². The molecule has 0 radical (unpaired) electrons. The van der Waals surface area contributed by atoms with Crippen LogP contribution in [0, 0.1) is 0 Å². The molecule has 9 heteroatoms. The molecule has 1 aliphatic heterocycles. The quantitative estimate of drug-likeness (QED) is 0.796. The van der Waals surface area contributed by atoms with E-state index in [0.29, 0.717) is 11.3 Å². The number of anilines is 1. The van der Waals surface area contributed by atoms with Gasteiger partial charge in [0.15, 0.2) is 10.4 Å². The number of aryl methyl sites for hydroxylation is 1. The number of Topliss-reactive ketones (excluding diaryl/α,β-unsaturated/α-hetero) is 1. The first-order valence-electron chi connectivity index (χ1n) is 6.13. The number of carbonyl (C=O) groups excluding carboxylic acids is 1. The van der Waals surface area contributed by atoms with Gasteiger partial charge >= 0.3 is 0 Å². The van der Waals surface area contributed by atoms with E-state index in [2.05, 4.69) is 26.2 Å². The number of ketones is 1. The lowest BCUT2D eigenvalue weighted by Crippen LogP contribution is -2.38. The van der Waals surface area contributed by atoms with Gasteiger partial charge in [-0.2, -0.15) is 8.42 Å². The van der Waals surface area contributed by atoms with Crippen molar-refractivity contribution in [3.8, 4) is 0 Å². The van der Waals surface area contributed by atoms with Crippen molar-refractivity contribution in [1.29, 1.82) is 0 Å². The highest BCUT2D eigenvalue weighted by molar-refractivity contribution is 9.10. The zero-order chi connectivity index (χ0) is 15.2. The minimum Gasteiger partial charge on any atom is -0.294 e. The highest BCUT2D eigenvalue weighted by Gasteiger charge is 2.35. The van der Waals surface area contributed by atoms with Crippen LogP contribution in [0.4, 0.5) is 5.69 Å². The number of aromatic nitrogens is 3. The number of para-hydroxylation sites is 1. The maximum atomic E-state index is 12.8. The second-order valence-corrected chi connectivity index (χ2v) is 7.11. The number of fused-ring (bicyclic) bond motifs is 1. The summed E-state index contributed by atoms with van der Waals surface area (Å²) in [6, 6.07) is 6.68. The molecule has 110 valence electrons. The Kier molecular flexibility index (Phi) is 3.33. The Bertz CT molecular complexity index is 811. The molecule has 0 aliphatic carbocycles. The zero-order valence-electron chi connectivity index (χ0n) is 11.0. The molecule has 0 spiro atoms. The molecule has 0 saturated heterocycles. The summed E-state index contributed by atoms with van der Waals surface area (Å²) in [5, 5.41) is 7.36. The van der Waals surface area contributed by atoms with E-state index in [0.717, 1.165) is 0 Å². The lowest BCUT2D eigenvalue weighted by Gasteiger charge is -2.29. The Morgan fingerprint density at radius 3 is 2.67 bits per heavy atom. The van der Waals surface area contributed by atoms with Crippen LogP contribution >= 0.6 is 15.9 Å². The third-order valence-corrected chi connectivity index (χ3v) is 5.99. The molecule has 0 fully saturated rings. The first-order chi connectivity index (χ1) is 9.93. The summed E-state index contributed by atoms with van der Waals surface area (Å²) in [4.78, 5) is 11.9. The predicted octanol–water partition coefficient (Wildman–Crippen LogP) is 1.36. The number of hydrogen-bond acceptors (Lipinski definition) is 5. The van der Waals surface area contributed by atoms with Gasteiger partial charge in [-0.1, -0.05) is 17.3 Å². The van der Waals surface area contributed by atoms with Gasteiger partial charge in [0.05, 0.1) is 5.69 Å². The van der Waals surface area contributed by atoms with Crippen LogP contribution in [0.2, 0.25) is 0 Å². The molecule has 1 aromatic heterocycles. The molecule has 1 aliphatic rings. The molecular formula is C12H11BrN4O3S. The number of rotatable bonds is 2. The van der Waals surface area contributed by atoms with E-state index in [9.17, 15) is 13.2 Å². The highest BCUT2D eigenvalue weighted by Crippen LogP contribution is 2.33. The summed E-state index contributed by atoms with van der Waals surface area (Å²) in [6.07, 6.45) is 0.152. The van der Waals surface area contributed by atoms with Gasteiger partial charge in [-0.25, -0.2) is 4.68 Å². The number of nitrogens with zero attached hydrogens (tertiary/aromatic N) is 4. The number of sulfonamides is 1. The third kappa shape index (κ3) is 2.16. The van der Waals surface area contributed by atoms with Crippen LogP contribution in [0.25, 0.3) is 0 Å². The lowest BCUT2D eigenvalue weighted by molar-refractivity contribution is 0.0982. The smallest absolute Gasteiger partial charge is 0.284 e. The van der Waals surface area contributed by atoms with Crippen molar-refractivity contribution >= 4 is 37.4 Å². The van der Waals surface area contributed by atoms with E-state index in [1.165, 1.54) is 16.0 Å². The Labute approximate surface area is 129 Å². The van der Waals surface area contributed by atoms with Crippen molar-refractivity contribution < 1.29 is 13.2 Å². The second-order valence-electron chi connectivity index (χ2n) is 4.58.